The van der Waals surface area contributed by atoms with E-state index in [2.05, 4.69) is 10.3 Å². The molecule has 3 aromatic rings. The van der Waals surface area contributed by atoms with Crippen molar-refractivity contribution in [3.63, 3.8) is 0 Å². The fourth-order valence-corrected chi connectivity index (χ4v) is 3.69. The van der Waals surface area contributed by atoms with Crippen LogP contribution in [0, 0.1) is 10.1 Å². The summed E-state index contributed by atoms with van der Waals surface area (Å²) in [5.41, 5.74) is -2.03. The number of aromatic nitrogens is 3. The molecule has 1 aromatic carbocycles. The highest BCUT2D eigenvalue weighted by atomic mass is 16.6. The SMILES string of the molecule is C[C@@H](C(=O)Nc1cnc2c(c1)c(=O)n(C)c(=O)n2C)N1C(=O)c2cccc([N+](=O)[O-])c2C1=O. The van der Waals surface area contributed by atoms with E-state index in [9.17, 15) is 34.1 Å². The Morgan fingerprint density at radius 3 is 2.48 bits per heavy atom. The van der Waals surface area contributed by atoms with Crippen LogP contribution in [-0.2, 0) is 18.9 Å². The zero-order chi connectivity index (χ0) is 24.2. The number of nitro groups is 1. The van der Waals surface area contributed by atoms with Gasteiger partial charge in [0.1, 0.15) is 17.3 Å². The summed E-state index contributed by atoms with van der Waals surface area (Å²) in [5, 5.41) is 13.8. The lowest BCUT2D eigenvalue weighted by Gasteiger charge is -2.21. The van der Waals surface area contributed by atoms with Gasteiger partial charge in [0.05, 0.1) is 27.8 Å². The molecule has 0 fully saturated rings. The maximum atomic E-state index is 12.8. The molecule has 168 valence electrons. The standard InChI is InChI=1S/C20H16N6O7/c1-9(25-18(29)11-5-4-6-13(26(32)33)14(11)19(25)30)16(27)22-10-7-12-15(21-8-10)23(2)20(31)24(3)17(12)28/h4-9H,1-3H3,(H,22,27)/t9-/m0/s1. The first-order valence-electron chi connectivity index (χ1n) is 9.56. The number of imide groups is 1. The van der Waals surface area contributed by atoms with Crippen LogP contribution in [-0.4, -0.2) is 47.7 Å². The van der Waals surface area contributed by atoms with Gasteiger partial charge in [0.25, 0.3) is 23.1 Å². The Kier molecular flexibility index (Phi) is 4.88. The van der Waals surface area contributed by atoms with Crippen molar-refractivity contribution in [3.05, 3.63) is 72.5 Å². The van der Waals surface area contributed by atoms with Crippen LogP contribution >= 0.6 is 0 Å². The Hall–Kier alpha value is -4.68. The Morgan fingerprint density at radius 2 is 1.82 bits per heavy atom. The summed E-state index contributed by atoms with van der Waals surface area (Å²) in [5.74, 6) is -2.57. The van der Waals surface area contributed by atoms with Crippen LogP contribution in [0.2, 0.25) is 0 Å². The summed E-state index contributed by atoms with van der Waals surface area (Å²) in [6.07, 6.45) is 1.22. The zero-order valence-electron chi connectivity index (χ0n) is 17.6. The number of anilines is 1. The number of pyridine rings is 1. The van der Waals surface area contributed by atoms with E-state index in [4.69, 9.17) is 0 Å². The van der Waals surface area contributed by atoms with Gasteiger partial charge in [-0.25, -0.2) is 9.78 Å². The van der Waals surface area contributed by atoms with E-state index in [0.717, 1.165) is 10.6 Å². The lowest BCUT2D eigenvalue weighted by atomic mass is 10.1. The fraction of sp³-hybridized carbons (Fsp3) is 0.200. The number of benzene rings is 1. The molecule has 13 nitrogen and oxygen atoms in total. The first kappa shape index (κ1) is 21.5. The molecule has 1 atom stereocenters. The van der Waals surface area contributed by atoms with Gasteiger partial charge in [0.15, 0.2) is 0 Å². The maximum absolute atomic E-state index is 12.8. The summed E-state index contributed by atoms with van der Waals surface area (Å²) >= 11 is 0. The molecule has 2 aromatic heterocycles. The molecule has 1 aliphatic heterocycles. The van der Waals surface area contributed by atoms with Crippen LogP contribution in [0.25, 0.3) is 11.0 Å². The zero-order valence-corrected chi connectivity index (χ0v) is 17.6. The summed E-state index contributed by atoms with van der Waals surface area (Å²) in [6, 6.07) is 3.66. The van der Waals surface area contributed by atoms with Crippen molar-refractivity contribution in [3.8, 4) is 0 Å². The molecule has 3 amide bonds. The normalized spacial score (nSPS) is 13.8. The maximum Gasteiger partial charge on any atom is 0.332 e. The Balaban J connectivity index is 1.65. The molecule has 33 heavy (non-hydrogen) atoms. The van der Waals surface area contributed by atoms with Crippen LogP contribution < -0.4 is 16.6 Å². The van der Waals surface area contributed by atoms with Crippen molar-refractivity contribution in [2.45, 2.75) is 13.0 Å². The number of nitrogens with one attached hydrogen (secondary N) is 1. The third kappa shape index (κ3) is 3.17. The molecule has 0 saturated heterocycles. The second-order valence-corrected chi connectivity index (χ2v) is 7.40. The third-order valence-electron chi connectivity index (χ3n) is 5.45. The quantitative estimate of drug-likeness (QED) is 0.332. The molecule has 3 heterocycles. The van der Waals surface area contributed by atoms with Crippen LogP contribution in [0.4, 0.5) is 11.4 Å². The minimum atomic E-state index is -1.32. The van der Waals surface area contributed by atoms with E-state index in [1.807, 2.05) is 0 Å². The monoisotopic (exact) mass is 452 g/mol. The molecular formula is C20H16N6O7. The van der Waals surface area contributed by atoms with Crippen LogP contribution in [0.1, 0.15) is 27.6 Å². The average molecular weight is 452 g/mol. The number of hydrogen-bond donors (Lipinski definition) is 1. The number of carbonyl (C=O) groups is 3. The summed E-state index contributed by atoms with van der Waals surface area (Å²) in [4.78, 5) is 78.0. The van der Waals surface area contributed by atoms with Gasteiger partial charge in [-0.3, -0.25) is 43.3 Å². The van der Waals surface area contributed by atoms with Crippen molar-refractivity contribution in [1.29, 1.82) is 0 Å². The van der Waals surface area contributed by atoms with Crippen molar-refractivity contribution < 1.29 is 19.3 Å². The van der Waals surface area contributed by atoms with E-state index < -0.39 is 45.6 Å². The number of rotatable bonds is 4. The van der Waals surface area contributed by atoms with Crippen LogP contribution in [0.3, 0.4) is 0 Å². The van der Waals surface area contributed by atoms with Crippen molar-refractivity contribution in [1.82, 2.24) is 19.0 Å². The van der Waals surface area contributed by atoms with Gasteiger partial charge in [-0.05, 0) is 19.1 Å². The van der Waals surface area contributed by atoms with Gasteiger partial charge in [0, 0.05) is 20.2 Å². The Bertz CT molecular complexity index is 1520. The van der Waals surface area contributed by atoms with Gasteiger partial charge < -0.3 is 5.32 Å². The second-order valence-electron chi connectivity index (χ2n) is 7.40. The first-order chi connectivity index (χ1) is 15.5. The van der Waals surface area contributed by atoms with E-state index >= 15 is 0 Å². The number of aryl methyl sites for hydroxylation is 1. The minimum absolute atomic E-state index is 0.0707. The molecule has 1 aliphatic rings. The van der Waals surface area contributed by atoms with Gasteiger partial charge in [-0.1, -0.05) is 6.07 Å². The number of nitrogens with zero attached hydrogens (tertiary/aromatic N) is 5. The van der Waals surface area contributed by atoms with E-state index in [1.165, 1.54) is 50.0 Å². The lowest BCUT2D eigenvalue weighted by Crippen LogP contribution is -2.45. The van der Waals surface area contributed by atoms with E-state index in [-0.39, 0.29) is 27.8 Å². The minimum Gasteiger partial charge on any atom is -0.323 e. The van der Waals surface area contributed by atoms with Crippen molar-refractivity contribution >= 4 is 40.1 Å². The summed E-state index contributed by atoms with van der Waals surface area (Å²) in [7, 11) is 2.75. The molecule has 4 rings (SSSR count). The van der Waals surface area contributed by atoms with E-state index in [0.29, 0.717) is 4.90 Å². The predicted molar refractivity (Wildman–Crippen MR) is 114 cm³/mol. The predicted octanol–water partition coefficient (Wildman–Crippen LogP) is 0.164. The largest absolute Gasteiger partial charge is 0.332 e. The van der Waals surface area contributed by atoms with Gasteiger partial charge in [-0.15, -0.1) is 0 Å². The van der Waals surface area contributed by atoms with Gasteiger partial charge in [-0.2, -0.15) is 0 Å². The number of carbonyl (C=O) groups excluding carboxylic acids is 3. The molecular weight excluding hydrogens is 436 g/mol. The number of nitro benzene ring substituents is 1. The Morgan fingerprint density at radius 1 is 1.12 bits per heavy atom. The third-order valence-corrected chi connectivity index (χ3v) is 5.45. The van der Waals surface area contributed by atoms with Crippen molar-refractivity contribution in [2.75, 3.05) is 5.32 Å². The highest BCUT2D eigenvalue weighted by Crippen LogP contribution is 2.32. The smallest absolute Gasteiger partial charge is 0.323 e. The Labute approximate surface area is 184 Å². The van der Waals surface area contributed by atoms with Crippen LogP contribution in [0.5, 0.6) is 0 Å². The molecule has 1 N–H and O–H groups in total. The molecule has 0 unspecified atom stereocenters. The molecule has 13 heteroatoms. The number of hydrogen-bond acceptors (Lipinski definition) is 8. The van der Waals surface area contributed by atoms with Gasteiger partial charge >= 0.3 is 5.69 Å². The molecule has 0 bridgehead atoms. The fourth-order valence-electron chi connectivity index (χ4n) is 3.69. The molecule has 0 aliphatic carbocycles. The van der Waals surface area contributed by atoms with E-state index in [1.54, 1.807) is 0 Å². The highest BCUT2D eigenvalue weighted by Gasteiger charge is 2.44. The molecule has 0 saturated carbocycles. The van der Waals surface area contributed by atoms with Gasteiger partial charge in [0.2, 0.25) is 5.91 Å². The van der Waals surface area contributed by atoms with Crippen molar-refractivity contribution in [2.24, 2.45) is 14.1 Å². The highest BCUT2D eigenvalue weighted by molar-refractivity contribution is 6.24. The molecule has 0 radical (unpaired) electrons. The first-order valence-corrected chi connectivity index (χ1v) is 9.56. The second kappa shape index (κ2) is 7.47. The topological polar surface area (TPSA) is 167 Å². The number of fused-ring (bicyclic) bond motifs is 2. The number of amides is 3. The summed E-state index contributed by atoms with van der Waals surface area (Å²) < 4.78 is 2.07. The molecule has 0 spiro atoms. The summed E-state index contributed by atoms with van der Waals surface area (Å²) in [6.45, 7) is 1.29. The van der Waals surface area contributed by atoms with Crippen LogP contribution in [0.15, 0.2) is 40.1 Å². The lowest BCUT2D eigenvalue weighted by molar-refractivity contribution is -0.385. The average Bonchev–Trinajstić information content (AvgIpc) is 3.05.